The third-order valence-corrected chi connectivity index (χ3v) is 3.01. The lowest BCUT2D eigenvalue weighted by molar-refractivity contribution is 0.230. The maximum Gasteiger partial charge on any atom is 0.164 e. The summed E-state index contributed by atoms with van der Waals surface area (Å²) in [6.07, 6.45) is 2.57. The summed E-state index contributed by atoms with van der Waals surface area (Å²) in [6.45, 7) is 3.89. The van der Waals surface area contributed by atoms with E-state index in [9.17, 15) is 5.11 Å². The summed E-state index contributed by atoms with van der Waals surface area (Å²) in [4.78, 5) is 2.38. The van der Waals surface area contributed by atoms with Crippen molar-refractivity contribution in [1.82, 2.24) is 4.90 Å². The van der Waals surface area contributed by atoms with Crippen LogP contribution in [-0.2, 0) is 0 Å². The molecule has 0 atom stereocenters. The van der Waals surface area contributed by atoms with Gasteiger partial charge in [0.25, 0.3) is 0 Å². The van der Waals surface area contributed by atoms with E-state index in [2.05, 4.69) is 4.90 Å². The van der Waals surface area contributed by atoms with Gasteiger partial charge >= 0.3 is 0 Å². The van der Waals surface area contributed by atoms with Crippen molar-refractivity contribution in [1.29, 1.82) is 0 Å². The predicted molar refractivity (Wildman–Crippen MR) is 65.8 cm³/mol. The smallest absolute Gasteiger partial charge is 0.164 e. The first kappa shape index (κ1) is 12.0. The largest absolute Gasteiger partial charge is 0.508 e. The highest BCUT2D eigenvalue weighted by Crippen LogP contribution is 2.30. The molecule has 0 unspecified atom stereocenters. The van der Waals surface area contributed by atoms with Gasteiger partial charge in [-0.05, 0) is 38.1 Å². The Morgan fingerprint density at radius 1 is 1.24 bits per heavy atom. The Balaban J connectivity index is 1.86. The van der Waals surface area contributed by atoms with Gasteiger partial charge in [-0.3, -0.25) is 4.90 Å². The van der Waals surface area contributed by atoms with Crippen LogP contribution in [-0.4, -0.2) is 43.4 Å². The third-order valence-electron chi connectivity index (χ3n) is 3.01. The first-order chi connectivity index (χ1) is 8.29. The summed E-state index contributed by atoms with van der Waals surface area (Å²) in [7, 11) is 1.60. The number of ether oxygens (including phenoxy) is 2. The maximum atomic E-state index is 9.40. The fraction of sp³-hybridized carbons (Fsp3) is 0.538. The van der Waals surface area contributed by atoms with Gasteiger partial charge in [0.2, 0.25) is 0 Å². The van der Waals surface area contributed by atoms with Gasteiger partial charge in [0.05, 0.1) is 7.11 Å². The second-order valence-electron chi connectivity index (χ2n) is 4.23. The minimum atomic E-state index is 0.196. The summed E-state index contributed by atoms with van der Waals surface area (Å²) < 4.78 is 10.8. The van der Waals surface area contributed by atoms with Crippen LogP contribution in [0, 0.1) is 0 Å². The predicted octanol–water partition coefficient (Wildman–Crippen LogP) is 1.88. The highest BCUT2D eigenvalue weighted by atomic mass is 16.5. The van der Waals surface area contributed by atoms with Crippen LogP contribution in [0.15, 0.2) is 18.2 Å². The molecule has 1 aromatic rings. The quantitative estimate of drug-likeness (QED) is 0.849. The number of rotatable bonds is 5. The summed E-state index contributed by atoms with van der Waals surface area (Å²) in [5.74, 6) is 1.46. The molecule has 1 N–H and O–H groups in total. The second kappa shape index (κ2) is 5.77. The number of methoxy groups -OCH3 is 1. The maximum absolute atomic E-state index is 9.40. The SMILES string of the molecule is COc1ccc(O)cc1OCCN1CCCC1. The molecule has 0 aliphatic carbocycles. The molecule has 4 nitrogen and oxygen atoms in total. The average Bonchev–Trinajstić information content (AvgIpc) is 2.82. The molecule has 4 heteroatoms. The van der Waals surface area contributed by atoms with E-state index in [1.165, 1.54) is 25.9 Å². The normalized spacial score (nSPS) is 16.1. The molecule has 0 aromatic heterocycles. The van der Waals surface area contributed by atoms with Crippen molar-refractivity contribution < 1.29 is 14.6 Å². The Bertz CT molecular complexity index is 362. The summed E-state index contributed by atoms with van der Waals surface area (Å²) in [5, 5.41) is 9.40. The highest BCUT2D eigenvalue weighted by molar-refractivity contribution is 5.44. The first-order valence-electron chi connectivity index (χ1n) is 6.02. The summed E-state index contributed by atoms with van der Waals surface area (Å²) in [6, 6.07) is 4.88. The zero-order valence-electron chi connectivity index (χ0n) is 10.2. The van der Waals surface area contributed by atoms with Crippen LogP contribution in [0.5, 0.6) is 17.2 Å². The van der Waals surface area contributed by atoms with Crippen molar-refractivity contribution in [2.24, 2.45) is 0 Å². The third kappa shape index (κ3) is 3.27. The molecule has 1 aliphatic rings. The lowest BCUT2D eigenvalue weighted by Gasteiger charge is -2.16. The van der Waals surface area contributed by atoms with Gasteiger partial charge < -0.3 is 14.6 Å². The van der Waals surface area contributed by atoms with Gasteiger partial charge in [-0.2, -0.15) is 0 Å². The number of benzene rings is 1. The lowest BCUT2D eigenvalue weighted by atomic mass is 10.3. The molecule has 94 valence electrons. The minimum absolute atomic E-state index is 0.196. The number of hydrogen-bond donors (Lipinski definition) is 1. The Morgan fingerprint density at radius 3 is 2.71 bits per heavy atom. The zero-order chi connectivity index (χ0) is 12.1. The Hall–Kier alpha value is -1.42. The molecule has 17 heavy (non-hydrogen) atoms. The molecule has 1 aromatic carbocycles. The monoisotopic (exact) mass is 237 g/mol. The minimum Gasteiger partial charge on any atom is -0.508 e. The standard InChI is InChI=1S/C13H19NO3/c1-16-12-5-4-11(15)10-13(12)17-9-8-14-6-2-3-7-14/h4-5,10,15H,2-3,6-9H2,1H3. The lowest BCUT2D eigenvalue weighted by Crippen LogP contribution is -2.25. The number of nitrogens with zero attached hydrogens (tertiary/aromatic N) is 1. The van der Waals surface area contributed by atoms with Crippen molar-refractivity contribution in [3.05, 3.63) is 18.2 Å². The second-order valence-corrected chi connectivity index (χ2v) is 4.23. The summed E-state index contributed by atoms with van der Waals surface area (Å²) in [5.41, 5.74) is 0. The van der Waals surface area contributed by atoms with Gasteiger partial charge in [0, 0.05) is 12.6 Å². The van der Waals surface area contributed by atoms with Gasteiger partial charge in [0.15, 0.2) is 11.5 Å². The number of aromatic hydroxyl groups is 1. The van der Waals surface area contributed by atoms with E-state index in [0.29, 0.717) is 18.1 Å². The number of phenolic OH excluding ortho intramolecular Hbond substituents is 1. The van der Waals surface area contributed by atoms with Crippen molar-refractivity contribution in [2.45, 2.75) is 12.8 Å². The van der Waals surface area contributed by atoms with E-state index >= 15 is 0 Å². The van der Waals surface area contributed by atoms with E-state index < -0.39 is 0 Å². The molecule has 2 rings (SSSR count). The molecular formula is C13H19NO3. The number of hydrogen-bond acceptors (Lipinski definition) is 4. The van der Waals surface area contributed by atoms with E-state index in [1.807, 2.05) is 0 Å². The molecule has 0 amide bonds. The fourth-order valence-corrected chi connectivity index (χ4v) is 2.07. The van der Waals surface area contributed by atoms with E-state index in [4.69, 9.17) is 9.47 Å². The van der Waals surface area contributed by atoms with Gasteiger partial charge in [-0.25, -0.2) is 0 Å². The van der Waals surface area contributed by atoms with Crippen molar-refractivity contribution in [3.63, 3.8) is 0 Å². The Labute approximate surface area is 102 Å². The Morgan fingerprint density at radius 2 is 2.00 bits per heavy atom. The van der Waals surface area contributed by atoms with Crippen LogP contribution in [0.1, 0.15) is 12.8 Å². The first-order valence-corrected chi connectivity index (χ1v) is 6.02. The zero-order valence-corrected chi connectivity index (χ0v) is 10.2. The van der Waals surface area contributed by atoms with Gasteiger partial charge in [-0.1, -0.05) is 0 Å². The van der Waals surface area contributed by atoms with E-state index in [0.717, 1.165) is 6.54 Å². The van der Waals surface area contributed by atoms with E-state index in [-0.39, 0.29) is 5.75 Å². The van der Waals surface area contributed by atoms with Crippen molar-refractivity contribution >= 4 is 0 Å². The molecule has 0 radical (unpaired) electrons. The highest BCUT2D eigenvalue weighted by Gasteiger charge is 2.11. The van der Waals surface area contributed by atoms with E-state index in [1.54, 1.807) is 25.3 Å². The van der Waals surface area contributed by atoms with Crippen LogP contribution in [0.3, 0.4) is 0 Å². The topological polar surface area (TPSA) is 41.9 Å². The van der Waals surface area contributed by atoms with Crippen molar-refractivity contribution in [2.75, 3.05) is 33.4 Å². The van der Waals surface area contributed by atoms with Crippen LogP contribution < -0.4 is 9.47 Å². The molecule has 1 fully saturated rings. The Kier molecular flexibility index (Phi) is 4.09. The van der Waals surface area contributed by atoms with Gasteiger partial charge in [0.1, 0.15) is 12.4 Å². The molecule has 1 aliphatic heterocycles. The van der Waals surface area contributed by atoms with Crippen LogP contribution >= 0.6 is 0 Å². The molecule has 0 spiro atoms. The summed E-state index contributed by atoms with van der Waals surface area (Å²) >= 11 is 0. The van der Waals surface area contributed by atoms with Gasteiger partial charge in [-0.15, -0.1) is 0 Å². The van der Waals surface area contributed by atoms with Crippen LogP contribution in [0.2, 0.25) is 0 Å². The van der Waals surface area contributed by atoms with Crippen molar-refractivity contribution in [3.8, 4) is 17.2 Å². The molecule has 1 saturated heterocycles. The molecular weight excluding hydrogens is 218 g/mol. The fourth-order valence-electron chi connectivity index (χ4n) is 2.07. The molecule has 0 saturated carbocycles. The molecule has 0 bridgehead atoms. The number of phenols is 1. The van der Waals surface area contributed by atoms with Crippen LogP contribution in [0.25, 0.3) is 0 Å². The van der Waals surface area contributed by atoms with Crippen LogP contribution in [0.4, 0.5) is 0 Å². The average molecular weight is 237 g/mol. The number of likely N-dealkylation sites (tertiary alicyclic amines) is 1. The molecule has 1 heterocycles.